The topological polar surface area (TPSA) is 60.9 Å². The average molecular weight is 365 g/mol. The van der Waals surface area contributed by atoms with E-state index in [0.717, 1.165) is 45.4 Å². The van der Waals surface area contributed by atoms with Crippen molar-refractivity contribution in [1.29, 1.82) is 0 Å². The van der Waals surface area contributed by atoms with Crippen molar-refractivity contribution in [2.75, 3.05) is 52.9 Å². The van der Waals surface area contributed by atoms with E-state index in [0.29, 0.717) is 25.2 Å². The predicted molar refractivity (Wildman–Crippen MR) is 97.3 cm³/mol. The standard InChI is InChI=1S/C18H27N3O3S/c1-19-11-13-20(14-12-19)15-18(22)16-5-7-17(8-6-16)25(23,24)21-9-3-2-4-10-21/h5-8H,2-4,9-15H2,1H3. The molecule has 1 aromatic carbocycles. The second-order valence-electron chi connectivity index (χ2n) is 6.99. The predicted octanol–water partition coefficient (Wildman–Crippen LogP) is 1.29. The zero-order valence-electron chi connectivity index (χ0n) is 14.9. The third-order valence-corrected chi connectivity index (χ3v) is 7.01. The van der Waals surface area contributed by atoms with Gasteiger partial charge in [-0.2, -0.15) is 4.31 Å². The van der Waals surface area contributed by atoms with E-state index in [1.165, 1.54) is 0 Å². The minimum atomic E-state index is -3.43. The minimum absolute atomic E-state index is 0.0477. The van der Waals surface area contributed by atoms with Gasteiger partial charge in [-0.05, 0) is 32.0 Å². The van der Waals surface area contributed by atoms with Gasteiger partial charge in [0.25, 0.3) is 0 Å². The van der Waals surface area contributed by atoms with Crippen LogP contribution in [0.5, 0.6) is 0 Å². The minimum Gasteiger partial charge on any atom is -0.304 e. The molecule has 2 aliphatic heterocycles. The number of hydrogen-bond donors (Lipinski definition) is 0. The molecular weight excluding hydrogens is 338 g/mol. The van der Waals surface area contributed by atoms with E-state index in [4.69, 9.17) is 0 Å². The van der Waals surface area contributed by atoms with Gasteiger partial charge in [-0.15, -0.1) is 0 Å². The molecule has 0 bridgehead atoms. The molecule has 3 rings (SSSR count). The summed E-state index contributed by atoms with van der Waals surface area (Å²) in [5.41, 5.74) is 0.580. The number of nitrogens with zero attached hydrogens (tertiary/aromatic N) is 3. The van der Waals surface area contributed by atoms with Crippen molar-refractivity contribution in [3.63, 3.8) is 0 Å². The Bertz CT molecular complexity index is 689. The van der Waals surface area contributed by atoms with Crippen LogP contribution in [0.1, 0.15) is 29.6 Å². The van der Waals surface area contributed by atoms with Crippen molar-refractivity contribution in [3.05, 3.63) is 29.8 Å². The van der Waals surface area contributed by atoms with Gasteiger partial charge in [0.15, 0.2) is 5.78 Å². The fourth-order valence-electron chi connectivity index (χ4n) is 3.37. The van der Waals surface area contributed by atoms with Crippen LogP contribution in [0.2, 0.25) is 0 Å². The van der Waals surface area contributed by atoms with Crippen LogP contribution in [0, 0.1) is 0 Å². The summed E-state index contributed by atoms with van der Waals surface area (Å²) in [4.78, 5) is 17.1. The van der Waals surface area contributed by atoms with Crippen LogP contribution in [0.3, 0.4) is 0 Å². The lowest BCUT2D eigenvalue weighted by molar-refractivity contribution is 0.0876. The molecule has 138 valence electrons. The Balaban J connectivity index is 1.64. The number of rotatable bonds is 5. The molecule has 0 N–H and O–H groups in total. The van der Waals surface area contributed by atoms with E-state index in [9.17, 15) is 13.2 Å². The van der Waals surface area contributed by atoms with Crippen LogP contribution in [-0.4, -0.2) is 81.2 Å². The Morgan fingerprint density at radius 3 is 2.12 bits per heavy atom. The summed E-state index contributed by atoms with van der Waals surface area (Å²) in [7, 11) is -1.35. The second-order valence-corrected chi connectivity index (χ2v) is 8.93. The van der Waals surface area contributed by atoms with E-state index < -0.39 is 10.0 Å². The van der Waals surface area contributed by atoms with Gasteiger partial charge >= 0.3 is 0 Å². The molecule has 2 heterocycles. The van der Waals surface area contributed by atoms with Crippen molar-refractivity contribution in [1.82, 2.24) is 14.1 Å². The maximum Gasteiger partial charge on any atom is 0.243 e. The number of Topliss-reactive ketones (excluding diaryl/α,β-unsaturated/α-hetero) is 1. The van der Waals surface area contributed by atoms with E-state index in [1.807, 2.05) is 0 Å². The zero-order chi connectivity index (χ0) is 17.9. The molecule has 0 aromatic heterocycles. The van der Waals surface area contributed by atoms with E-state index in [-0.39, 0.29) is 10.7 Å². The Labute approximate surface area is 150 Å². The fourth-order valence-corrected chi connectivity index (χ4v) is 4.88. The van der Waals surface area contributed by atoms with E-state index >= 15 is 0 Å². The van der Waals surface area contributed by atoms with Crippen molar-refractivity contribution in [2.24, 2.45) is 0 Å². The lowest BCUT2D eigenvalue weighted by Gasteiger charge is -2.31. The average Bonchev–Trinajstić information content (AvgIpc) is 2.64. The molecule has 7 heteroatoms. The zero-order valence-corrected chi connectivity index (χ0v) is 15.7. The summed E-state index contributed by atoms with van der Waals surface area (Å²) in [5.74, 6) is 0.0477. The lowest BCUT2D eigenvalue weighted by atomic mass is 10.1. The molecule has 0 unspecified atom stereocenters. The molecule has 0 radical (unpaired) electrons. The highest BCUT2D eigenvalue weighted by atomic mass is 32.2. The molecule has 0 atom stereocenters. The Morgan fingerprint density at radius 2 is 1.52 bits per heavy atom. The third-order valence-electron chi connectivity index (χ3n) is 5.09. The quantitative estimate of drug-likeness (QED) is 0.736. The maximum atomic E-state index is 12.6. The van der Waals surface area contributed by atoms with Crippen LogP contribution < -0.4 is 0 Å². The molecule has 0 aliphatic carbocycles. The van der Waals surface area contributed by atoms with Crippen molar-refractivity contribution >= 4 is 15.8 Å². The van der Waals surface area contributed by atoms with Crippen LogP contribution in [0.4, 0.5) is 0 Å². The summed E-state index contributed by atoms with van der Waals surface area (Å²) < 4.78 is 26.8. The summed E-state index contributed by atoms with van der Waals surface area (Å²) in [6, 6.07) is 6.44. The highest BCUT2D eigenvalue weighted by molar-refractivity contribution is 7.89. The first kappa shape index (κ1) is 18.5. The summed E-state index contributed by atoms with van der Waals surface area (Å²) in [6.07, 6.45) is 2.92. The number of hydrogen-bond acceptors (Lipinski definition) is 5. The van der Waals surface area contributed by atoms with E-state index in [2.05, 4.69) is 16.8 Å². The smallest absolute Gasteiger partial charge is 0.243 e. The highest BCUT2D eigenvalue weighted by Crippen LogP contribution is 2.21. The first-order valence-corrected chi connectivity index (χ1v) is 10.4. The number of carbonyl (C=O) groups is 1. The van der Waals surface area contributed by atoms with Gasteiger partial charge in [-0.3, -0.25) is 9.69 Å². The van der Waals surface area contributed by atoms with Crippen LogP contribution in [-0.2, 0) is 10.0 Å². The first-order valence-electron chi connectivity index (χ1n) is 9.01. The summed E-state index contributed by atoms with van der Waals surface area (Å²) in [6.45, 7) is 5.30. The molecule has 6 nitrogen and oxygen atoms in total. The van der Waals surface area contributed by atoms with Crippen molar-refractivity contribution < 1.29 is 13.2 Å². The normalized spacial score (nSPS) is 21.3. The van der Waals surface area contributed by atoms with Gasteiger partial charge in [0.1, 0.15) is 0 Å². The molecule has 0 spiro atoms. The molecule has 2 saturated heterocycles. The Morgan fingerprint density at radius 1 is 0.920 bits per heavy atom. The molecule has 1 aromatic rings. The van der Waals surface area contributed by atoms with E-state index in [1.54, 1.807) is 28.6 Å². The number of piperidine rings is 1. The monoisotopic (exact) mass is 365 g/mol. The summed E-state index contributed by atoms with van der Waals surface area (Å²) >= 11 is 0. The Kier molecular flexibility index (Phi) is 5.89. The van der Waals surface area contributed by atoms with Gasteiger partial charge in [0.2, 0.25) is 10.0 Å². The maximum absolute atomic E-state index is 12.6. The molecular formula is C18H27N3O3S. The Hall–Kier alpha value is -1.28. The molecule has 2 fully saturated rings. The second kappa shape index (κ2) is 7.95. The molecule has 0 saturated carbocycles. The van der Waals surface area contributed by atoms with Gasteiger partial charge in [0, 0.05) is 44.8 Å². The number of carbonyl (C=O) groups excluding carboxylic acids is 1. The molecule has 0 amide bonds. The van der Waals surface area contributed by atoms with Gasteiger partial charge in [-0.1, -0.05) is 18.6 Å². The SMILES string of the molecule is CN1CCN(CC(=O)c2ccc(S(=O)(=O)N3CCCCC3)cc2)CC1. The molecule has 2 aliphatic rings. The first-order chi connectivity index (χ1) is 12.0. The number of sulfonamides is 1. The number of likely N-dealkylation sites (N-methyl/N-ethyl adjacent to an activating group) is 1. The summed E-state index contributed by atoms with van der Waals surface area (Å²) in [5, 5.41) is 0. The van der Waals surface area contributed by atoms with Gasteiger partial charge < -0.3 is 4.90 Å². The van der Waals surface area contributed by atoms with Gasteiger partial charge in [0.05, 0.1) is 11.4 Å². The third kappa shape index (κ3) is 4.47. The van der Waals surface area contributed by atoms with Gasteiger partial charge in [-0.25, -0.2) is 8.42 Å². The lowest BCUT2D eigenvalue weighted by Crippen LogP contribution is -2.46. The van der Waals surface area contributed by atoms with Crippen molar-refractivity contribution in [3.8, 4) is 0 Å². The number of piperazine rings is 1. The van der Waals surface area contributed by atoms with Crippen molar-refractivity contribution in [2.45, 2.75) is 24.2 Å². The van der Waals surface area contributed by atoms with Crippen LogP contribution in [0.25, 0.3) is 0 Å². The fraction of sp³-hybridized carbons (Fsp3) is 0.611. The van der Waals surface area contributed by atoms with Crippen LogP contribution in [0.15, 0.2) is 29.2 Å². The van der Waals surface area contributed by atoms with Crippen LogP contribution >= 0.6 is 0 Å². The largest absolute Gasteiger partial charge is 0.304 e. The molecule has 25 heavy (non-hydrogen) atoms. The highest BCUT2D eigenvalue weighted by Gasteiger charge is 2.26. The number of ketones is 1. The number of benzene rings is 1.